The molecule has 38 heavy (non-hydrogen) atoms. The lowest BCUT2D eigenvalue weighted by atomic mass is 10.1. The standard InChI is InChI=1S/C27H37Cl2N3O5S/c1-6-37-23-12-10-22(11-13-23)32(38(5,35)36)15-7-8-26(33)31(20(4)27(34)30-17-19(2)3)18-21-9-14-24(28)25(29)16-21/h9-14,16,19-20H,6-8,15,17-18H2,1-5H3,(H,30,34)/t20-/m1/s1. The summed E-state index contributed by atoms with van der Waals surface area (Å²) in [5, 5.41) is 3.62. The zero-order valence-electron chi connectivity index (χ0n) is 22.5. The molecule has 0 radical (unpaired) electrons. The Morgan fingerprint density at radius 1 is 1.03 bits per heavy atom. The first-order valence-electron chi connectivity index (χ1n) is 12.5. The second-order valence-corrected chi connectivity index (χ2v) is 12.2. The molecule has 0 aliphatic rings. The van der Waals surface area contributed by atoms with Gasteiger partial charge in [-0.3, -0.25) is 13.9 Å². The van der Waals surface area contributed by atoms with Crippen LogP contribution in [0.1, 0.15) is 46.1 Å². The molecule has 0 saturated heterocycles. The quantitative estimate of drug-likeness (QED) is 0.331. The minimum atomic E-state index is -3.59. The first-order chi connectivity index (χ1) is 17.8. The van der Waals surface area contributed by atoms with E-state index in [1.165, 1.54) is 9.21 Å². The Bertz CT molecular complexity index is 1190. The Morgan fingerprint density at radius 2 is 1.68 bits per heavy atom. The number of carbonyl (C=O) groups excluding carboxylic acids is 2. The number of hydrogen-bond acceptors (Lipinski definition) is 5. The third kappa shape index (κ3) is 9.67. The normalized spacial score (nSPS) is 12.2. The summed E-state index contributed by atoms with van der Waals surface area (Å²) >= 11 is 12.2. The van der Waals surface area contributed by atoms with Gasteiger partial charge in [0, 0.05) is 26.1 Å². The molecule has 0 aromatic heterocycles. The van der Waals surface area contributed by atoms with Gasteiger partial charge < -0.3 is 15.0 Å². The Hall–Kier alpha value is -2.49. The Morgan fingerprint density at radius 3 is 2.24 bits per heavy atom. The van der Waals surface area contributed by atoms with Gasteiger partial charge in [-0.05, 0) is 68.1 Å². The van der Waals surface area contributed by atoms with Crippen molar-refractivity contribution < 1.29 is 22.7 Å². The highest BCUT2D eigenvalue weighted by Crippen LogP contribution is 2.25. The molecule has 2 aromatic rings. The van der Waals surface area contributed by atoms with Gasteiger partial charge in [0.05, 0.1) is 28.6 Å². The number of carbonyl (C=O) groups is 2. The first-order valence-corrected chi connectivity index (χ1v) is 15.2. The third-order valence-electron chi connectivity index (χ3n) is 5.78. The lowest BCUT2D eigenvalue weighted by Gasteiger charge is -2.30. The van der Waals surface area contributed by atoms with E-state index in [0.29, 0.717) is 34.6 Å². The van der Waals surface area contributed by atoms with Crippen LogP contribution < -0.4 is 14.4 Å². The number of nitrogens with one attached hydrogen (secondary N) is 1. The fraction of sp³-hybridized carbons (Fsp3) is 0.481. The Labute approximate surface area is 236 Å². The summed E-state index contributed by atoms with van der Waals surface area (Å²) in [4.78, 5) is 27.7. The number of hydrogen-bond donors (Lipinski definition) is 1. The predicted octanol–water partition coefficient (Wildman–Crippen LogP) is 5.13. The molecule has 0 saturated carbocycles. The molecule has 2 rings (SSSR count). The fourth-order valence-electron chi connectivity index (χ4n) is 3.75. The van der Waals surface area contributed by atoms with Gasteiger partial charge in [0.15, 0.2) is 0 Å². The Balaban J connectivity index is 2.17. The first kappa shape index (κ1) is 31.7. The van der Waals surface area contributed by atoms with Gasteiger partial charge >= 0.3 is 0 Å². The van der Waals surface area contributed by atoms with Crippen LogP contribution in [0.25, 0.3) is 0 Å². The number of amides is 2. The highest BCUT2D eigenvalue weighted by atomic mass is 35.5. The molecule has 0 aliphatic heterocycles. The number of nitrogens with zero attached hydrogens (tertiary/aromatic N) is 2. The van der Waals surface area contributed by atoms with Crippen molar-refractivity contribution in [1.29, 1.82) is 0 Å². The number of anilines is 1. The molecular formula is C27H37Cl2N3O5S. The number of sulfonamides is 1. The van der Waals surface area contributed by atoms with Crippen LogP contribution in [-0.4, -0.2) is 57.1 Å². The monoisotopic (exact) mass is 585 g/mol. The van der Waals surface area contributed by atoms with E-state index in [9.17, 15) is 18.0 Å². The van der Waals surface area contributed by atoms with Crippen molar-refractivity contribution in [2.24, 2.45) is 5.92 Å². The summed E-state index contributed by atoms with van der Waals surface area (Å²) < 4.78 is 31.7. The third-order valence-corrected chi connectivity index (χ3v) is 7.71. The van der Waals surface area contributed by atoms with E-state index in [-0.39, 0.29) is 43.7 Å². The average molecular weight is 587 g/mol. The van der Waals surface area contributed by atoms with Crippen LogP contribution >= 0.6 is 23.2 Å². The molecule has 0 bridgehead atoms. The lowest BCUT2D eigenvalue weighted by molar-refractivity contribution is -0.140. The van der Waals surface area contributed by atoms with E-state index in [4.69, 9.17) is 27.9 Å². The van der Waals surface area contributed by atoms with E-state index < -0.39 is 16.1 Å². The van der Waals surface area contributed by atoms with Gasteiger partial charge in [0.2, 0.25) is 21.8 Å². The summed E-state index contributed by atoms with van der Waals surface area (Å²) in [6.07, 6.45) is 1.44. The van der Waals surface area contributed by atoms with E-state index in [1.54, 1.807) is 49.4 Å². The summed E-state index contributed by atoms with van der Waals surface area (Å²) in [5.74, 6) is 0.361. The largest absolute Gasteiger partial charge is 0.494 e. The van der Waals surface area contributed by atoms with Gasteiger partial charge in [0.1, 0.15) is 11.8 Å². The van der Waals surface area contributed by atoms with E-state index >= 15 is 0 Å². The molecule has 1 atom stereocenters. The maximum absolute atomic E-state index is 13.4. The molecule has 0 unspecified atom stereocenters. The summed E-state index contributed by atoms with van der Waals surface area (Å²) in [6.45, 7) is 8.77. The maximum Gasteiger partial charge on any atom is 0.242 e. The molecule has 1 N–H and O–H groups in total. The smallest absolute Gasteiger partial charge is 0.242 e. The van der Waals surface area contributed by atoms with E-state index in [0.717, 1.165) is 11.8 Å². The molecule has 2 aromatic carbocycles. The van der Waals surface area contributed by atoms with Crippen LogP contribution in [-0.2, 0) is 26.2 Å². The van der Waals surface area contributed by atoms with Gasteiger partial charge in [-0.15, -0.1) is 0 Å². The zero-order valence-corrected chi connectivity index (χ0v) is 24.9. The van der Waals surface area contributed by atoms with Crippen LogP contribution in [0.3, 0.4) is 0 Å². The van der Waals surface area contributed by atoms with Crippen LogP contribution in [0.5, 0.6) is 5.75 Å². The van der Waals surface area contributed by atoms with Crippen molar-refractivity contribution in [2.75, 3.05) is 30.3 Å². The minimum Gasteiger partial charge on any atom is -0.494 e. The number of benzene rings is 2. The summed E-state index contributed by atoms with van der Waals surface area (Å²) in [6, 6.07) is 11.1. The van der Waals surface area contributed by atoms with E-state index in [2.05, 4.69) is 5.32 Å². The number of halogens is 2. The lowest BCUT2D eigenvalue weighted by Crippen LogP contribution is -2.48. The highest BCUT2D eigenvalue weighted by molar-refractivity contribution is 7.92. The SMILES string of the molecule is CCOc1ccc(N(CCCC(=O)N(Cc2ccc(Cl)c(Cl)c2)[C@H](C)C(=O)NCC(C)C)S(C)(=O)=O)cc1. The van der Waals surface area contributed by atoms with Crippen LogP contribution in [0.2, 0.25) is 10.0 Å². The molecular weight excluding hydrogens is 549 g/mol. The molecule has 0 fully saturated rings. The minimum absolute atomic E-state index is 0.0478. The van der Waals surface area contributed by atoms with E-state index in [1.807, 2.05) is 20.8 Å². The molecule has 8 nitrogen and oxygen atoms in total. The number of rotatable bonds is 14. The highest BCUT2D eigenvalue weighted by Gasteiger charge is 2.27. The van der Waals surface area contributed by atoms with Gasteiger partial charge in [-0.2, -0.15) is 0 Å². The van der Waals surface area contributed by atoms with Crippen molar-refractivity contribution in [3.05, 3.63) is 58.1 Å². The van der Waals surface area contributed by atoms with Crippen molar-refractivity contribution in [3.8, 4) is 5.75 Å². The predicted molar refractivity (Wildman–Crippen MR) is 153 cm³/mol. The second-order valence-electron chi connectivity index (χ2n) is 9.45. The maximum atomic E-state index is 13.4. The summed E-state index contributed by atoms with van der Waals surface area (Å²) in [7, 11) is -3.59. The topological polar surface area (TPSA) is 96.0 Å². The van der Waals surface area contributed by atoms with Gasteiger partial charge in [0.25, 0.3) is 0 Å². The average Bonchev–Trinajstić information content (AvgIpc) is 2.85. The van der Waals surface area contributed by atoms with Crippen molar-refractivity contribution >= 4 is 50.7 Å². The zero-order chi connectivity index (χ0) is 28.5. The molecule has 0 spiro atoms. The van der Waals surface area contributed by atoms with Crippen LogP contribution in [0.4, 0.5) is 5.69 Å². The Kier molecular flexibility index (Phi) is 12.2. The van der Waals surface area contributed by atoms with Crippen LogP contribution in [0, 0.1) is 5.92 Å². The molecule has 0 aliphatic carbocycles. The van der Waals surface area contributed by atoms with Crippen molar-refractivity contribution in [1.82, 2.24) is 10.2 Å². The van der Waals surface area contributed by atoms with Crippen molar-refractivity contribution in [3.63, 3.8) is 0 Å². The fourth-order valence-corrected chi connectivity index (χ4v) is 5.04. The summed E-state index contributed by atoms with van der Waals surface area (Å²) in [5.41, 5.74) is 1.21. The molecule has 0 heterocycles. The molecule has 210 valence electrons. The van der Waals surface area contributed by atoms with Crippen LogP contribution in [0.15, 0.2) is 42.5 Å². The second kappa shape index (κ2) is 14.6. The van der Waals surface area contributed by atoms with Gasteiger partial charge in [-0.25, -0.2) is 8.42 Å². The number of ether oxygens (including phenoxy) is 1. The molecule has 2 amide bonds. The molecule has 11 heteroatoms. The van der Waals surface area contributed by atoms with Crippen molar-refractivity contribution in [2.45, 2.75) is 53.1 Å². The van der Waals surface area contributed by atoms with Gasteiger partial charge in [-0.1, -0.05) is 43.1 Å².